The van der Waals surface area contributed by atoms with Crippen LogP contribution in [0.5, 0.6) is 0 Å². The fraction of sp³-hybridized carbons (Fsp3) is 0.517. The summed E-state index contributed by atoms with van der Waals surface area (Å²) in [5.74, 6) is -0.544. The number of piperazine rings is 1. The quantitative estimate of drug-likeness (QED) is 0.358. The topological polar surface area (TPSA) is 111 Å². The van der Waals surface area contributed by atoms with Crippen LogP contribution in [0, 0.1) is 5.92 Å². The largest absolute Gasteiger partial charge is 0.444 e. The number of nitrogens with one attached hydrogen (secondary N) is 2. The van der Waals surface area contributed by atoms with Gasteiger partial charge in [0.15, 0.2) is 0 Å². The highest BCUT2D eigenvalue weighted by atomic mass is 35.5. The molecule has 0 atom stereocenters. The number of nitrogens with zero attached hydrogens (tertiary/aromatic N) is 3. The first-order chi connectivity index (χ1) is 20.9. The zero-order valence-electron chi connectivity index (χ0n) is 25.1. The van der Waals surface area contributed by atoms with E-state index in [1.165, 1.54) is 22.5 Å². The van der Waals surface area contributed by atoms with Crippen molar-refractivity contribution in [2.45, 2.75) is 45.4 Å². The lowest BCUT2D eigenvalue weighted by Gasteiger charge is -2.38. The molecule has 45 heavy (non-hydrogen) atoms. The number of halogens is 5. The first-order valence-electron chi connectivity index (χ1n) is 14.4. The first kappa shape index (κ1) is 35.1. The predicted octanol–water partition coefficient (Wildman–Crippen LogP) is 6.19. The molecule has 2 aliphatic heterocycles. The van der Waals surface area contributed by atoms with E-state index in [-0.39, 0.29) is 52.1 Å². The van der Waals surface area contributed by atoms with Gasteiger partial charge in [0.1, 0.15) is 5.60 Å². The van der Waals surface area contributed by atoms with Gasteiger partial charge in [-0.2, -0.15) is 25.9 Å². The lowest BCUT2D eigenvalue weighted by molar-refractivity contribution is -0.137. The zero-order chi connectivity index (χ0) is 33.2. The van der Waals surface area contributed by atoms with E-state index in [9.17, 15) is 31.2 Å². The Hall–Kier alpha value is -2.78. The highest BCUT2D eigenvalue weighted by molar-refractivity contribution is 7.90. The Morgan fingerprint density at radius 2 is 1.56 bits per heavy atom. The van der Waals surface area contributed by atoms with Crippen LogP contribution in [-0.4, -0.2) is 85.9 Å². The van der Waals surface area contributed by atoms with Crippen molar-refractivity contribution < 1.29 is 35.9 Å². The van der Waals surface area contributed by atoms with Crippen molar-refractivity contribution >= 4 is 56.8 Å². The van der Waals surface area contributed by atoms with E-state index < -0.39 is 33.5 Å². The minimum atomic E-state index is -4.61. The molecule has 2 saturated heterocycles. The van der Waals surface area contributed by atoms with Crippen LogP contribution >= 0.6 is 23.2 Å². The lowest BCUT2D eigenvalue weighted by atomic mass is 9.97. The van der Waals surface area contributed by atoms with Crippen LogP contribution < -0.4 is 10.0 Å². The molecule has 2 aliphatic rings. The summed E-state index contributed by atoms with van der Waals surface area (Å²) < 4.78 is 74.8. The van der Waals surface area contributed by atoms with Crippen molar-refractivity contribution in [3.8, 4) is 0 Å². The van der Waals surface area contributed by atoms with Crippen molar-refractivity contribution in [1.82, 2.24) is 14.1 Å². The number of carbonyl (C=O) groups excluding carboxylic acids is 2. The molecule has 0 unspecified atom stereocenters. The number of amides is 2. The molecule has 0 bridgehead atoms. The van der Waals surface area contributed by atoms with Crippen molar-refractivity contribution in [3.05, 3.63) is 57.6 Å². The number of alkyl halides is 3. The highest BCUT2D eigenvalue weighted by Gasteiger charge is 2.33. The Morgan fingerprint density at radius 1 is 0.933 bits per heavy atom. The van der Waals surface area contributed by atoms with Gasteiger partial charge in [0.2, 0.25) is 0 Å². The average Bonchev–Trinajstić information content (AvgIpc) is 2.94. The Kier molecular flexibility index (Phi) is 10.8. The number of hydrogen-bond donors (Lipinski definition) is 2. The number of piperidine rings is 1. The summed E-state index contributed by atoms with van der Waals surface area (Å²) in [6.07, 6.45) is -3.67. The Morgan fingerprint density at radius 3 is 2.13 bits per heavy atom. The van der Waals surface area contributed by atoms with Gasteiger partial charge in [-0.05, 0) is 75.9 Å². The molecular weight excluding hydrogens is 658 g/mol. The molecule has 0 aromatic heterocycles. The Bertz CT molecular complexity index is 1500. The number of ether oxygens (including phenoxy) is 1. The maximum atomic E-state index is 13.3. The summed E-state index contributed by atoms with van der Waals surface area (Å²) in [7, 11) is -4.06. The fourth-order valence-electron chi connectivity index (χ4n) is 5.12. The van der Waals surface area contributed by atoms with Crippen molar-refractivity contribution in [3.63, 3.8) is 0 Å². The molecule has 2 amide bonds. The monoisotopic (exact) mass is 693 g/mol. The minimum Gasteiger partial charge on any atom is -0.444 e. The number of benzene rings is 2. The molecule has 2 N–H and O–H groups in total. The summed E-state index contributed by atoms with van der Waals surface area (Å²) in [6.45, 7) is 9.37. The average molecular weight is 695 g/mol. The van der Waals surface area contributed by atoms with Crippen LogP contribution in [0.25, 0.3) is 0 Å². The van der Waals surface area contributed by atoms with E-state index >= 15 is 0 Å². The van der Waals surface area contributed by atoms with Crippen LogP contribution in [0.3, 0.4) is 0 Å². The van der Waals surface area contributed by atoms with E-state index in [1.54, 1.807) is 4.90 Å². The molecule has 2 aromatic rings. The maximum absolute atomic E-state index is 13.3. The van der Waals surface area contributed by atoms with Gasteiger partial charge in [0, 0.05) is 50.8 Å². The van der Waals surface area contributed by atoms with Gasteiger partial charge in [0.25, 0.3) is 5.91 Å². The van der Waals surface area contributed by atoms with E-state index in [1.807, 2.05) is 20.8 Å². The standard InChI is InChI=1S/C29H36Cl2F3N5O5S/c1-28(2,3)44-27(41)38-14-12-37(13-15-38)18-19-8-10-39(11-9-19)45(42,43)36-24-7-5-21(30)17-22(24)26(40)35-25-6-4-20(16-23(25)31)29(32,33)34/h4-7,16-17,19,36H,8-15,18H2,1-3H3,(H,35,40). The molecule has 0 saturated carbocycles. The smallest absolute Gasteiger partial charge is 0.416 e. The molecule has 10 nitrogen and oxygen atoms in total. The molecule has 2 fully saturated rings. The molecule has 2 heterocycles. The van der Waals surface area contributed by atoms with Crippen LogP contribution in [0.2, 0.25) is 10.0 Å². The molecule has 2 aromatic carbocycles. The third-order valence-corrected chi connectivity index (χ3v) is 9.53. The molecule has 0 spiro atoms. The van der Waals surface area contributed by atoms with Gasteiger partial charge in [-0.3, -0.25) is 14.4 Å². The summed E-state index contributed by atoms with van der Waals surface area (Å²) in [5, 5.41) is 2.23. The molecule has 4 rings (SSSR count). The maximum Gasteiger partial charge on any atom is 0.416 e. The van der Waals surface area contributed by atoms with Gasteiger partial charge < -0.3 is 15.0 Å². The number of rotatable bonds is 7. The van der Waals surface area contributed by atoms with Crippen LogP contribution in [0.15, 0.2) is 36.4 Å². The third-order valence-electron chi connectivity index (χ3n) is 7.46. The normalized spacial score (nSPS) is 17.6. The second-order valence-electron chi connectivity index (χ2n) is 12.1. The van der Waals surface area contributed by atoms with Crippen LogP contribution in [0.4, 0.5) is 29.3 Å². The lowest BCUT2D eigenvalue weighted by Crippen LogP contribution is -2.51. The molecule has 0 radical (unpaired) electrons. The van der Waals surface area contributed by atoms with Crippen LogP contribution in [0.1, 0.15) is 49.5 Å². The van der Waals surface area contributed by atoms with Crippen LogP contribution in [-0.2, 0) is 21.1 Å². The second-order valence-corrected chi connectivity index (χ2v) is 14.6. The fourth-order valence-corrected chi connectivity index (χ4v) is 6.79. The molecule has 16 heteroatoms. The molecular formula is C29H36Cl2F3N5O5S. The minimum absolute atomic E-state index is 0.0510. The first-order valence-corrected chi connectivity index (χ1v) is 16.6. The van der Waals surface area contributed by atoms with E-state index in [0.29, 0.717) is 45.1 Å². The van der Waals surface area contributed by atoms with E-state index in [4.69, 9.17) is 27.9 Å². The summed E-state index contributed by atoms with van der Waals surface area (Å²) in [5.41, 5.74) is -1.81. The summed E-state index contributed by atoms with van der Waals surface area (Å²) >= 11 is 12.1. The predicted molar refractivity (Wildman–Crippen MR) is 167 cm³/mol. The number of carbonyl (C=O) groups is 2. The molecule has 0 aliphatic carbocycles. The third kappa shape index (κ3) is 9.61. The summed E-state index contributed by atoms with van der Waals surface area (Å²) in [6, 6.07) is 6.48. The van der Waals surface area contributed by atoms with Crippen molar-refractivity contribution in [2.24, 2.45) is 5.92 Å². The van der Waals surface area contributed by atoms with E-state index in [2.05, 4.69) is 14.9 Å². The second kappa shape index (κ2) is 13.9. The SMILES string of the molecule is CC(C)(C)OC(=O)N1CCN(CC2CCN(S(=O)(=O)Nc3ccc(Cl)cc3C(=O)Nc3ccc(C(F)(F)F)cc3Cl)CC2)CC1. The van der Waals surface area contributed by atoms with Gasteiger partial charge in [-0.25, -0.2) is 4.79 Å². The Balaban J connectivity index is 1.33. The molecule has 248 valence electrons. The van der Waals surface area contributed by atoms with Gasteiger partial charge in [-0.1, -0.05) is 23.2 Å². The van der Waals surface area contributed by atoms with Gasteiger partial charge >= 0.3 is 22.5 Å². The van der Waals surface area contributed by atoms with E-state index in [0.717, 1.165) is 18.7 Å². The van der Waals surface area contributed by atoms with Crippen molar-refractivity contribution in [1.29, 1.82) is 0 Å². The summed E-state index contributed by atoms with van der Waals surface area (Å²) in [4.78, 5) is 29.4. The van der Waals surface area contributed by atoms with Crippen molar-refractivity contribution in [2.75, 3.05) is 55.9 Å². The number of hydrogen-bond acceptors (Lipinski definition) is 6. The van der Waals surface area contributed by atoms with Gasteiger partial charge in [-0.15, -0.1) is 0 Å². The van der Waals surface area contributed by atoms with Gasteiger partial charge in [0.05, 0.1) is 27.5 Å². The number of anilines is 2. The Labute approximate surface area is 270 Å². The highest BCUT2D eigenvalue weighted by Crippen LogP contribution is 2.34. The zero-order valence-corrected chi connectivity index (χ0v) is 27.4.